The molecule has 0 amide bonds. The highest BCUT2D eigenvalue weighted by Crippen LogP contribution is 2.21. The first kappa shape index (κ1) is 16.2. The molecule has 1 aromatic carbocycles. The minimum atomic E-state index is -3.45. The van der Waals surface area contributed by atoms with E-state index in [-0.39, 0.29) is 17.5 Å². The first-order valence-corrected chi connectivity index (χ1v) is 8.67. The zero-order chi connectivity index (χ0) is 15.1. The third-order valence-electron chi connectivity index (χ3n) is 3.53. The number of benzene rings is 1. The van der Waals surface area contributed by atoms with E-state index in [4.69, 9.17) is 10.6 Å². The Kier molecular flexibility index (Phi) is 5.98. The van der Waals surface area contributed by atoms with Gasteiger partial charge in [-0.05, 0) is 37.1 Å². The van der Waals surface area contributed by atoms with Gasteiger partial charge in [0, 0.05) is 6.04 Å². The smallest absolute Gasteiger partial charge is 0.240 e. The minimum absolute atomic E-state index is 0.0568. The summed E-state index contributed by atoms with van der Waals surface area (Å²) in [6, 6.07) is 6.41. The van der Waals surface area contributed by atoms with E-state index in [0.29, 0.717) is 12.4 Å². The van der Waals surface area contributed by atoms with Crippen LogP contribution in [0, 0.1) is 0 Å². The van der Waals surface area contributed by atoms with Gasteiger partial charge in [-0.3, -0.25) is 0 Å². The van der Waals surface area contributed by atoms with Crippen LogP contribution in [0.4, 0.5) is 0 Å². The van der Waals surface area contributed by atoms with Crippen LogP contribution in [0.15, 0.2) is 29.2 Å². The van der Waals surface area contributed by atoms with Gasteiger partial charge in [-0.2, -0.15) is 0 Å². The maximum absolute atomic E-state index is 12.3. The average molecular weight is 314 g/mol. The fraction of sp³-hybridized carbons (Fsp3) is 0.571. The van der Waals surface area contributed by atoms with Crippen LogP contribution in [0.1, 0.15) is 32.1 Å². The summed E-state index contributed by atoms with van der Waals surface area (Å²) in [5.41, 5.74) is 0. The van der Waals surface area contributed by atoms with Crippen LogP contribution in [0.3, 0.4) is 0 Å². The fourth-order valence-corrected chi connectivity index (χ4v) is 3.74. The molecule has 2 rings (SSSR count). The van der Waals surface area contributed by atoms with Gasteiger partial charge in [-0.1, -0.05) is 19.3 Å². The Bertz CT molecular complexity index is 524. The van der Waals surface area contributed by atoms with Gasteiger partial charge >= 0.3 is 0 Å². The summed E-state index contributed by atoms with van der Waals surface area (Å²) in [7, 11) is -3.45. The van der Waals surface area contributed by atoms with Gasteiger partial charge in [0.15, 0.2) is 0 Å². The first-order chi connectivity index (χ1) is 10.1. The minimum Gasteiger partial charge on any atom is -0.491 e. The Morgan fingerprint density at radius 1 is 1.10 bits per heavy atom. The van der Waals surface area contributed by atoms with E-state index in [1.807, 2.05) is 0 Å². The number of ether oxygens (including phenoxy) is 1. The number of hydrogen-bond acceptors (Lipinski definition) is 5. The van der Waals surface area contributed by atoms with Crippen molar-refractivity contribution < 1.29 is 18.0 Å². The van der Waals surface area contributed by atoms with Gasteiger partial charge in [0.1, 0.15) is 19.0 Å². The highest BCUT2D eigenvalue weighted by Gasteiger charge is 2.21. The van der Waals surface area contributed by atoms with E-state index in [1.54, 1.807) is 24.3 Å². The predicted molar refractivity (Wildman–Crippen MR) is 79.3 cm³/mol. The van der Waals surface area contributed by atoms with Gasteiger partial charge in [-0.25, -0.2) is 19.0 Å². The van der Waals surface area contributed by atoms with Crippen molar-refractivity contribution in [2.45, 2.75) is 43.0 Å². The SMILES string of the molecule is NOCCOc1ccc(S(=O)(=O)NC2CCCCC2)cc1. The summed E-state index contributed by atoms with van der Waals surface area (Å²) < 4.78 is 32.7. The molecule has 0 aliphatic heterocycles. The van der Waals surface area contributed by atoms with Gasteiger partial charge in [-0.15, -0.1) is 0 Å². The van der Waals surface area contributed by atoms with Gasteiger partial charge < -0.3 is 9.57 Å². The Hall–Kier alpha value is -1.15. The van der Waals surface area contributed by atoms with Crippen molar-refractivity contribution in [3.05, 3.63) is 24.3 Å². The van der Waals surface area contributed by atoms with Gasteiger partial charge in [0.05, 0.1) is 4.90 Å². The number of nitrogens with one attached hydrogen (secondary N) is 1. The van der Waals surface area contributed by atoms with Crippen LogP contribution in [0.5, 0.6) is 5.75 Å². The lowest BCUT2D eigenvalue weighted by Crippen LogP contribution is -2.36. The van der Waals surface area contributed by atoms with Crippen LogP contribution < -0.4 is 15.4 Å². The monoisotopic (exact) mass is 314 g/mol. The third-order valence-corrected chi connectivity index (χ3v) is 5.07. The summed E-state index contributed by atoms with van der Waals surface area (Å²) in [6.07, 6.45) is 5.20. The van der Waals surface area contributed by atoms with E-state index in [9.17, 15) is 8.42 Å². The van der Waals surface area contributed by atoms with Crippen LogP contribution in [0.2, 0.25) is 0 Å². The molecule has 1 aromatic rings. The highest BCUT2D eigenvalue weighted by atomic mass is 32.2. The fourth-order valence-electron chi connectivity index (χ4n) is 2.43. The molecule has 1 aliphatic carbocycles. The highest BCUT2D eigenvalue weighted by molar-refractivity contribution is 7.89. The number of nitrogens with two attached hydrogens (primary N) is 1. The zero-order valence-electron chi connectivity index (χ0n) is 12.0. The largest absolute Gasteiger partial charge is 0.491 e. The van der Waals surface area contributed by atoms with Gasteiger partial charge in [0.25, 0.3) is 0 Å². The Labute approximate surface area is 125 Å². The van der Waals surface area contributed by atoms with Crippen LogP contribution in [-0.4, -0.2) is 27.7 Å². The zero-order valence-corrected chi connectivity index (χ0v) is 12.8. The Morgan fingerprint density at radius 3 is 2.38 bits per heavy atom. The second-order valence-electron chi connectivity index (χ2n) is 5.15. The Morgan fingerprint density at radius 2 is 1.76 bits per heavy atom. The molecule has 0 bridgehead atoms. The summed E-state index contributed by atoms with van der Waals surface area (Å²) in [6.45, 7) is 0.603. The maximum atomic E-state index is 12.3. The number of hydrogen-bond donors (Lipinski definition) is 2. The van der Waals surface area contributed by atoms with Crippen molar-refractivity contribution in [2.75, 3.05) is 13.2 Å². The van der Waals surface area contributed by atoms with Crippen molar-refractivity contribution in [3.63, 3.8) is 0 Å². The van der Waals surface area contributed by atoms with E-state index in [2.05, 4.69) is 9.56 Å². The lowest BCUT2D eigenvalue weighted by atomic mass is 9.96. The molecule has 0 atom stereocenters. The van der Waals surface area contributed by atoms with Crippen LogP contribution in [0.25, 0.3) is 0 Å². The molecule has 1 fully saturated rings. The molecule has 0 spiro atoms. The molecule has 1 saturated carbocycles. The third kappa shape index (κ3) is 4.96. The molecular weight excluding hydrogens is 292 g/mol. The predicted octanol–water partition coefficient (Wildman–Crippen LogP) is 1.57. The second-order valence-corrected chi connectivity index (χ2v) is 6.86. The molecule has 21 heavy (non-hydrogen) atoms. The summed E-state index contributed by atoms with van der Waals surface area (Å²) in [4.78, 5) is 4.65. The van der Waals surface area contributed by atoms with Crippen molar-refractivity contribution in [1.29, 1.82) is 0 Å². The molecule has 3 N–H and O–H groups in total. The standard InChI is InChI=1S/C14H22N2O4S/c15-20-11-10-19-13-6-8-14(9-7-13)21(17,18)16-12-4-2-1-3-5-12/h6-9,12,16H,1-5,10-11,15H2. The molecule has 0 aromatic heterocycles. The summed E-state index contributed by atoms with van der Waals surface area (Å²) in [5, 5.41) is 0. The van der Waals surface area contributed by atoms with Crippen molar-refractivity contribution in [1.82, 2.24) is 4.72 Å². The average Bonchev–Trinajstić information content (AvgIpc) is 2.49. The topological polar surface area (TPSA) is 90.7 Å². The Balaban J connectivity index is 1.95. The normalized spacial score (nSPS) is 16.8. The lowest BCUT2D eigenvalue weighted by Gasteiger charge is -2.22. The van der Waals surface area contributed by atoms with Crippen molar-refractivity contribution in [2.24, 2.45) is 5.90 Å². The lowest BCUT2D eigenvalue weighted by molar-refractivity contribution is 0.102. The second kappa shape index (κ2) is 7.74. The van der Waals surface area contributed by atoms with Gasteiger partial charge in [0.2, 0.25) is 10.0 Å². The van der Waals surface area contributed by atoms with E-state index >= 15 is 0 Å². The van der Waals surface area contributed by atoms with Crippen molar-refractivity contribution in [3.8, 4) is 5.75 Å². The molecule has 1 aliphatic rings. The molecule has 118 valence electrons. The number of sulfonamides is 1. The van der Waals surface area contributed by atoms with E-state index in [0.717, 1.165) is 25.7 Å². The molecule has 0 saturated heterocycles. The van der Waals surface area contributed by atoms with Crippen LogP contribution >= 0.6 is 0 Å². The molecule has 0 radical (unpaired) electrons. The molecule has 0 heterocycles. The summed E-state index contributed by atoms with van der Waals surface area (Å²) in [5.74, 6) is 5.48. The van der Waals surface area contributed by atoms with E-state index < -0.39 is 10.0 Å². The molecule has 7 heteroatoms. The van der Waals surface area contributed by atoms with E-state index in [1.165, 1.54) is 6.42 Å². The molecule has 6 nitrogen and oxygen atoms in total. The quantitative estimate of drug-likeness (QED) is 0.589. The number of rotatable bonds is 7. The molecular formula is C14H22N2O4S. The maximum Gasteiger partial charge on any atom is 0.240 e. The van der Waals surface area contributed by atoms with Crippen molar-refractivity contribution >= 4 is 10.0 Å². The molecule has 0 unspecified atom stereocenters. The summed E-state index contributed by atoms with van der Waals surface area (Å²) >= 11 is 0. The van der Waals surface area contributed by atoms with Crippen LogP contribution in [-0.2, 0) is 14.9 Å². The first-order valence-electron chi connectivity index (χ1n) is 7.19.